The molecule has 0 aromatic carbocycles. The van der Waals surface area contributed by atoms with E-state index in [-0.39, 0.29) is 12.0 Å². The van der Waals surface area contributed by atoms with Crippen molar-refractivity contribution in [1.82, 2.24) is 15.5 Å². The first-order valence-corrected chi connectivity index (χ1v) is 7.26. The minimum Gasteiger partial charge on any atom is -0.393 e. The molecule has 0 fully saturated rings. The molecule has 7 nitrogen and oxygen atoms in total. The summed E-state index contributed by atoms with van der Waals surface area (Å²) in [6.45, 7) is 3.03. The van der Waals surface area contributed by atoms with Crippen LogP contribution in [0.4, 0.5) is 5.82 Å². The molecule has 1 atom stereocenters. The summed E-state index contributed by atoms with van der Waals surface area (Å²) in [6, 6.07) is 1.75. The maximum absolute atomic E-state index is 12.2. The number of anilines is 1. The Hall–Kier alpha value is -2.41. The van der Waals surface area contributed by atoms with Gasteiger partial charge in [0, 0.05) is 31.1 Å². The van der Waals surface area contributed by atoms with Gasteiger partial charge in [-0.25, -0.2) is 0 Å². The topological polar surface area (TPSA) is 102 Å². The molecule has 2 rings (SSSR count). The number of allylic oxidation sites excluding steroid dienone is 2. The van der Waals surface area contributed by atoms with E-state index in [1.54, 1.807) is 24.4 Å². The minimum absolute atomic E-state index is 0.280. The van der Waals surface area contributed by atoms with Gasteiger partial charge in [0.15, 0.2) is 5.82 Å². The van der Waals surface area contributed by atoms with Crippen molar-refractivity contribution < 1.29 is 9.90 Å². The number of rotatable bonds is 2. The van der Waals surface area contributed by atoms with Crippen LogP contribution in [0.3, 0.4) is 0 Å². The largest absolute Gasteiger partial charge is 0.393 e. The number of H-pyrrole nitrogens is 1. The van der Waals surface area contributed by atoms with E-state index in [0.717, 1.165) is 5.69 Å². The fourth-order valence-electron chi connectivity index (χ4n) is 1.93. The highest BCUT2D eigenvalue weighted by Gasteiger charge is 2.09. The molecular formula is C15H21N5O2. The van der Waals surface area contributed by atoms with Crippen molar-refractivity contribution in [2.24, 2.45) is 4.99 Å². The molecular weight excluding hydrogens is 282 g/mol. The zero-order chi connectivity index (χ0) is 15.8. The smallest absolute Gasteiger partial charge is 0.258 e. The van der Waals surface area contributed by atoms with Crippen molar-refractivity contribution in [2.75, 3.05) is 18.4 Å². The Morgan fingerprint density at radius 2 is 2.32 bits per heavy atom. The lowest BCUT2D eigenvalue weighted by Gasteiger charge is -2.09. The van der Waals surface area contributed by atoms with Gasteiger partial charge in [0.2, 0.25) is 0 Å². The van der Waals surface area contributed by atoms with E-state index in [2.05, 4.69) is 25.8 Å². The van der Waals surface area contributed by atoms with Crippen molar-refractivity contribution in [3.63, 3.8) is 0 Å². The standard InChI is InChI=1S/C15H21N5O2/c1-11-9-14(20-19-11)18-15(22)12-3-2-6-16-7-4-13(21)5-8-17-10-12/h2-3,6,9-10,13,16,21H,4-5,7-8H2,1H3,(H2,18,19,20,22)/b6-2+,12-3+,17-10?. The van der Waals surface area contributed by atoms with Crippen LogP contribution in [0.2, 0.25) is 0 Å². The number of carbonyl (C=O) groups excluding carboxylic acids is 1. The van der Waals surface area contributed by atoms with E-state index in [0.29, 0.717) is 37.3 Å². The zero-order valence-electron chi connectivity index (χ0n) is 12.5. The number of aliphatic imine (C=N–C) groups is 1. The molecule has 1 aromatic heterocycles. The molecule has 1 unspecified atom stereocenters. The highest BCUT2D eigenvalue weighted by molar-refractivity contribution is 6.17. The Bertz CT molecular complexity index is 589. The van der Waals surface area contributed by atoms with E-state index in [1.165, 1.54) is 6.21 Å². The molecule has 118 valence electrons. The van der Waals surface area contributed by atoms with Crippen LogP contribution in [-0.2, 0) is 4.79 Å². The fraction of sp³-hybridized carbons (Fsp3) is 0.400. The lowest BCUT2D eigenvalue weighted by molar-refractivity contribution is -0.112. The third-order valence-electron chi connectivity index (χ3n) is 3.14. The fourth-order valence-corrected chi connectivity index (χ4v) is 1.93. The van der Waals surface area contributed by atoms with Crippen LogP contribution in [0.15, 0.2) is 35.0 Å². The summed E-state index contributed by atoms with van der Waals surface area (Å²) in [5.41, 5.74) is 1.29. The molecule has 2 heterocycles. The summed E-state index contributed by atoms with van der Waals surface area (Å²) in [6.07, 6.45) is 7.56. The maximum atomic E-state index is 12.2. The number of nitrogens with zero attached hydrogens (tertiary/aromatic N) is 2. The number of hydrogen-bond donors (Lipinski definition) is 4. The Kier molecular flexibility index (Phi) is 5.91. The van der Waals surface area contributed by atoms with Crippen molar-refractivity contribution in [3.05, 3.63) is 35.7 Å². The summed E-state index contributed by atoms with van der Waals surface area (Å²) >= 11 is 0. The second-order valence-electron chi connectivity index (χ2n) is 5.09. The van der Waals surface area contributed by atoms with Crippen LogP contribution in [-0.4, -0.2) is 46.6 Å². The van der Waals surface area contributed by atoms with Gasteiger partial charge in [-0.3, -0.25) is 14.9 Å². The number of aromatic nitrogens is 2. The van der Waals surface area contributed by atoms with Crippen LogP contribution in [0.1, 0.15) is 18.5 Å². The van der Waals surface area contributed by atoms with Gasteiger partial charge in [0.05, 0.1) is 11.7 Å². The predicted molar refractivity (Wildman–Crippen MR) is 85.8 cm³/mol. The normalized spacial score (nSPS) is 23.4. The SMILES string of the molecule is Cc1cc(NC(=O)/C2=C/C=C/NCCC(O)CCN=C2)n[nH]1. The number of aryl methyl sites for hydroxylation is 1. The lowest BCUT2D eigenvalue weighted by atomic mass is 10.2. The molecule has 1 aliphatic rings. The average molecular weight is 303 g/mol. The molecule has 0 spiro atoms. The summed E-state index contributed by atoms with van der Waals surface area (Å²) in [5, 5.41) is 22.2. The molecule has 0 radical (unpaired) electrons. The van der Waals surface area contributed by atoms with Crippen LogP contribution in [0.5, 0.6) is 0 Å². The first-order chi connectivity index (χ1) is 10.6. The van der Waals surface area contributed by atoms with Crippen LogP contribution in [0.25, 0.3) is 0 Å². The minimum atomic E-state index is -0.384. The van der Waals surface area contributed by atoms with Crippen LogP contribution in [0, 0.1) is 6.92 Å². The van der Waals surface area contributed by atoms with E-state index < -0.39 is 0 Å². The number of aliphatic hydroxyl groups excluding tert-OH is 1. The van der Waals surface area contributed by atoms with Gasteiger partial charge in [-0.05, 0) is 38.1 Å². The zero-order valence-corrected chi connectivity index (χ0v) is 12.5. The van der Waals surface area contributed by atoms with Gasteiger partial charge in [-0.2, -0.15) is 5.10 Å². The highest BCUT2D eigenvalue weighted by Crippen LogP contribution is 2.06. The number of aromatic amines is 1. The van der Waals surface area contributed by atoms with Crippen LogP contribution < -0.4 is 10.6 Å². The van der Waals surface area contributed by atoms with Gasteiger partial charge in [0.1, 0.15) is 0 Å². The van der Waals surface area contributed by atoms with Gasteiger partial charge < -0.3 is 15.7 Å². The van der Waals surface area contributed by atoms with Crippen molar-refractivity contribution in [2.45, 2.75) is 25.9 Å². The predicted octanol–water partition coefficient (Wildman–Crippen LogP) is 0.912. The summed E-state index contributed by atoms with van der Waals surface area (Å²) < 4.78 is 0. The molecule has 22 heavy (non-hydrogen) atoms. The van der Waals surface area contributed by atoms with Crippen molar-refractivity contribution >= 4 is 17.9 Å². The number of amides is 1. The quantitative estimate of drug-likeness (QED) is 0.652. The number of carbonyl (C=O) groups is 1. The van der Waals surface area contributed by atoms with E-state index in [1.807, 2.05) is 6.92 Å². The molecule has 0 bridgehead atoms. The van der Waals surface area contributed by atoms with Crippen LogP contribution >= 0.6 is 0 Å². The Morgan fingerprint density at radius 1 is 1.45 bits per heavy atom. The Labute approximate surface area is 129 Å². The lowest BCUT2D eigenvalue weighted by Crippen LogP contribution is -2.18. The maximum Gasteiger partial charge on any atom is 0.258 e. The Morgan fingerprint density at radius 3 is 3.09 bits per heavy atom. The number of nitrogens with one attached hydrogen (secondary N) is 3. The molecule has 0 saturated carbocycles. The molecule has 7 heteroatoms. The summed E-state index contributed by atoms with van der Waals surface area (Å²) in [4.78, 5) is 16.4. The first kappa shape index (κ1) is 16.0. The third-order valence-corrected chi connectivity index (χ3v) is 3.14. The molecule has 0 aliphatic carbocycles. The van der Waals surface area contributed by atoms with Gasteiger partial charge in [0.25, 0.3) is 5.91 Å². The summed E-state index contributed by atoms with van der Waals surface area (Å²) in [5.74, 6) is 0.193. The van der Waals surface area contributed by atoms with Gasteiger partial charge in [-0.15, -0.1) is 0 Å². The monoisotopic (exact) mass is 303 g/mol. The molecule has 0 saturated heterocycles. The van der Waals surface area contributed by atoms with E-state index in [4.69, 9.17) is 0 Å². The number of hydrogen-bond acceptors (Lipinski definition) is 5. The highest BCUT2D eigenvalue weighted by atomic mass is 16.3. The van der Waals surface area contributed by atoms with Gasteiger partial charge in [-0.1, -0.05) is 0 Å². The molecule has 1 amide bonds. The Balaban J connectivity index is 2.06. The number of aliphatic hydroxyl groups is 1. The molecule has 4 N–H and O–H groups in total. The first-order valence-electron chi connectivity index (χ1n) is 7.26. The van der Waals surface area contributed by atoms with E-state index in [9.17, 15) is 9.90 Å². The molecule has 1 aliphatic heterocycles. The third kappa shape index (κ3) is 5.17. The average Bonchev–Trinajstić information content (AvgIpc) is 2.87. The van der Waals surface area contributed by atoms with Crippen molar-refractivity contribution in [1.29, 1.82) is 0 Å². The van der Waals surface area contributed by atoms with E-state index >= 15 is 0 Å². The summed E-state index contributed by atoms with van der Waals surface area (Å²) in [7, 11) is 0. The second-order valence-corrected chi connectivity index (χ2v) is 5.09. The van der Waals surface area contributed by atoms with Gasteiger partial charge >= 0.3 is 0 Å². The molecule has 1 aromatic rings. The second kappa shape index (κ2) is 8.14. The van der Waals surface area contributed by atoms with Crippen molar-refractivity contribution in [3.8, 4) is 0 Å².